The van der Waals surface area contributed by atoms with Gasteiger partial charge in [0.05, 0.1) is 6.61 Å². The molecule has 0 aliphatic heterocycles. The zero-order chi connectivity index (χ0) is 9.52. The molecule has 1 aromatic heterocycles. The van der Waals surface area contributed by atoms with E-state index in [1.165, 1.54) is 0 Å². The molecule has 0 spiro atoms. The third-order valence-corrected chi connectivity index (χ3v) is 1.83. The first-order valence-corrected chi connectivity index (χ1v) is 4.38. The molecular formula is C8H16N4O. The second kappa shape index (κ2) is 5.66. The molecule has 0 bridgehead atoms. The van der Waals surface area contributed by atoms with Crippen LogP contribution in [-0.2, 0) is 17.7 Å². The topological polar surface area (TPSA) is 52.0 Å². The number of likely N-dealkylation sites (N-methyl/N-ethyl adjacent to an activating group) is 1. The smallest absolute Gasteiger partial charge is 0.134 e. The molecule has 74 valence electrons. The molecule has 0 radical (unpaired) electrons. The third-order valence-electron chi connectivity index (χ3n) is 1.83. The predicted octanol–water partition coefficient (Wildman–Crippen LogP) is -0.314. The third kappa shape index (κ3) is 3.12. The van der Waals surface area contributed by atoms with Crippen molar-refractivity contribution >= 4 is 0 Å². The second-order valence-corrected chi connectivity index (χ2v) is 2.79. The van der Waals surface area contributed by atoms with Crippen molar-refractivity contribution in [3.63, 3.8) is 0 Å². The van der Waals surface area contributed by atoms with Crippen LogP contribution in [0.4, 0.5) is 0 Å². The van der Waals surface area contributed by atoms with Crippen LogP contribution in [0.2, 0.25) is 0 Å². The number of methoxy groups -OCH3 is 1. The summed E-state index contributed by atoms with van der Waals surface area (Å²) in [5.41, 5.74) is 0. The van der Waals surface area contributed by atoms with Gasteiger partial charge in [-0.3, -0.25) is 0 Å². The molecule has 0 aliphatic rings. The summed E-state index contributed by atoms with van der Waals surface area (Å²) in [5, 5.41) is 11.0. The minimum absolute atomic E-state index is 0.699. The van der Waals surface area contributed by atoms with Crippen molar-refractivity contribution in [3.05, 3.63) is 12.2 Å². The molecule has 0 aliphatic carbocycles. The van der Waals surface area contributed by atoms with Gasteiger partial charge in [-0.05, 0) is 7.05 Å². The first kappa shape index (κ1) is 10.1. The van der Waals surface area contributed by atoms with E-state index >= 15 is 0 Å². The van der Waals surface area contributed by atoms with Crippen molar-refractivity contribution in [3.8, 4) is 0 Å². The minimum Gasteiger partial charge on any atom is -0.383 e. The number of ether oxygens (including phenoxy) is 1. The van der Waals surface area contributed by atoms with E-state index in [0.29, 0.717) is 6.61 Å². The van der Waals surface area contributed by atoms with Crippen LogP contribution < -0.4 is 5.32 Å². The summed E-state index contributed by atoms with van der Waals surface area (Å²) in [6.45, 7) is 2.44. The Morgan fingerprint density at radius 1 is 1.62 bits per heavy atom. The van der Waals surface area contributed by atoms with E-state index < -0.39 is 0 Å². The summed E-state index contributed by atoms with van der Waals surface area (Å²) in [5.74, 6) is 1.01. The van der Waals surface area contributed by atoms with E-state index in [1.807, 2.05) is 11.6 Å². The Kier molecular flexibility index (Phi) is 4.42. The summed E-state index contributed by atoms with van der Waals surface area (Å²) in [4.78, 5) is 0. The van der Waals surface area contributed by atoms with Crippen LogP contribution >= 0.6 is 0 Å². The van der Waals surface area contributed by atoms with E-state index in [-0.39, 0.29) is 0 Å². The van der Waals surface area contributed by atoms with Crippen molar-refractivity contribution in [2.45, 2.75) is 13.0 Å². The zero-order valence-electron chi connectivity index (χ0n) is 8.16. The molecule has 1 heterocycles. The van der Waals surface area contributed by atoms with Crippen LogP contribution in [0.3, 0.4) is 0 Å². The van der Waals surface area contributed by atoms with Crippen molar-refractivity contribution in [1.82, 2.24) is 20.1 Å². The van der Waals surface area contributed by atoms with Gasteiger partial charge in [0, 0.05) is 26.6 Å². The number of hydrogen-bond acceptors (Lipinski definition) is 4. The number of nitrogens with zero attached hydrogens (tertiary/aromatic N) is 3. The summed E-state index contributed by atoms with van der Waals surface area (Å²) in [7, 11) is 3.62. The lowest BCUT2D eigenvalue weighted by atomic mass is 10.4. The number of aromatic nitrogens is 3. The number of nitrogens with one attached hydrogen (secondary N) is 1. The fourth-order valence-corrected chi connectivity index (χ4v) is 1.09. The summed E-state index contributed by atoms with van der Waals surface area (Å²) in [6.07, 6.45) is 2.64. The molecule has 1 N–H and O–H groups in total. The van der Waals surface area contributed by atoms with E-state index in [1.54, 1.807) is 13.4 Å². The lowest BCUT2D eigenvalue weighted by Crippen LogP contribution is -2.15. The maximum atomic E-state index is 4.98. The summed E-state index contributed by atoms with van der Waals surface area (Å²) in [6, 6.07) is 0. The first-order chi connectivity index (χ1) is 6.38. The molecule has 0 atom stereocenters. The SMILES string of the molecule is CNCCc1nncn1CCOC. The van der Waals surface area contributed by atoms with Gasteiger partial charge in [0.1, 0.15) is 12.2 Å². The molecule has 0 fully saturated rings. The second-order valence-electron chi connectivity index (χ2n) is 2.79. The Labute approximate surface area is 78.1 Å². The number of rotatable bonds is 6. The molecule has 0 aromatic carbocycles. The Balaban J connectivity index is 2.45. The van der Waals surface area contributed by atoms with Crippen LogP contribution in [0.5, 0.6) is 0 Å². The fourth-order valence-electron chi connectivity index (χ4n) is 1.09. The Bertz CT molecular complexity index is 213. The molecule has 0 unspecified atom stereocenters. The maximum absolute atomic E-state index is 4.98. The maximum Gasteiger partial charge on any atom is 0.134 e. The average molecular weight is 184 g/mol. The van der Waals surface area contributed by atoms with Gasteiger partial charge in [0.2, 0.25) is 0 Å². The Hall–Kier alpha value is -0.940. The molecular weight excluding hydrogens is 168 g/mol. The van der Waals surface area contributed by atoms with Crippen LogP contribution in [0.25, 0.3) is 0 Å². The van der Waals surface area contributed by atoms with Gasteiger partial charge in [0.15, 0.2) is 0 Å². The Morgan fingerprint density at radius 3 is 3.15 bits per heavy atom. The molecule has 13 heavy (non-hydrogen) atoms. The monoisotopic (exact) mass is 184 g/mol. The van der Waals surface area contributed by atoms with Gasteiger partial charge in [0.25, 0.3) is 0 Å². The van der Waals surface area contributed by atoms with Gasteiger partial charge in [-0.1, -0.05) is 0 Å². The quantitative estimate of drug-likeness (QED) is 0.658. The predicted molar refractivity (Wildman–Crippen MR) is 49.5 cm³/mol. The largest absolute Gasteiger partial charge is 0.383 e. The standard InChI is InChI=1S/C8H16N4O/c1-9-4-3-8-11-10-7-12(8)5-6-13-2/h7,9H,3-6H2,1-2H3. The Morgan fingerprint density at radius 2 is 2.46 bits per heavy atom. The highest BCUT2D eigenvalue weighted by Crippen LogP contribution is 1.95. The van der Waals surface area contributed by atoms with Crippen molar-refractivity contribution < 1.29 is 4.74 Å². The van der Waals surface area contributed by atoms with Gasteiger partial charge in [-0.2, -0.15) is 0 Å². The molecule has 0 amide bonds. The van der Waals surface area contributed by atoms with E-state index in [9.17, 15) is 0 Å². The molecule has 0 saturated carbocycles. The molecule has 5 nitrogen and oxygen atoms in total. The lowest BCUT2D eigenvalue weighted by Gasteiger charge is -2.04. The fraction of sp³-hybridized carbons (Fsp3) is 0.750. The van der Waals surface area contributed by atoms with Gasteiger partial charge < -0.3 is 14.6 Å². The van der Waals surface area contributed by atoms with Crippen LogP contribution in [0.1, 0.15) is 5.82 Å². The van der Waals surface area contributed by atoms with Crippen molar-refractivity contribution in [1.29, 1.82) is 0 Å². The van der Waals surface area contributed by atoms with Gasteiger partial charge in [-0.25, -0.2) is 0 Å². The summed E-state index contributed by atoms with van der Waals surface area (Å²) < 4.78 is 7.00. The molecule has 5 heteroatoms. The van der Waals surface area contributed by atoms with Crippen LogP contribution in [0.15, 0.2) is 6.33 Å². The van der Waals surface area contributed by atoms with Crippen molar-refractivity contribution in [2.24, 2.45) is 0 Å². The van der Waals surface area contributed by atoms with Crippen LogP contribution in [-0.4, -0.2) is 42.1 Å². The molecule has 1 rings (SSSR count). The highest BCUT2D eigenvalue weighted by Gasteiger charge is 2.01. The van der Waals surface area contributed by atoms with Gasteiger partial charge >= 0.3 is 0 Å². The average Bonchev–Trinajstić information content (AvgIpc) is 2.59. The minimum atomic E-state index is 0.699. The first-order valence-electron chi connectivity index (χ1n) is 4.38. The normalized spacial score (nSPS) is 10.6. The van der Waals surface area contributed by atoms with E-state index in [2.05, 4.69) is 15.5 Å². The highest BCUT2D eigenvalue weighted by molar-refractivity contribution is 4.86. The lowest BCUT2D eigenvalue weighted by molar-refractivity contribution is 0.186. The van der Waals surface area contributed by atoms with Crippen molar-refractivity contribution in [2.75, 3.05) is 27.3 Å². The van der Waals surface area contributed by atoms with Gasteiger partial charge in [-0.15, -0.1) is 10.2 Å². The van der Waals surface area contributed by atoms with E-state index in [4.69, 9.17) is 4.74 Å². The molecule has 0 saturated heterocycles. The highest BCUT2D eigenvalue weighted by atomic mass is 16.5. The van der Waals surface area contributed by atoms with E-state index in [0.717, 1.165) is 25.3 Å². The zero-order valence-corrected chi connectivity index (χ0v) is 8.16. The van der Waals surface area contributed by atoms with Crippen LogP contribution in [0, 0.1) is 0 Å². The molecule has 1 aromatic rings. The summed E-state index contributed by atoms with van der Waals surface area (Å²) >= 11 is 0. The number of hydrogen-bond donors (Lipinski definition) is 1.